The Kier molecular flexibility index (Phi) is 3.82. The lowest BCUT2D eigenvalue weighted by atomic mass is 10.0. The first-order chi connectivity index (χ1) is 6.94. The molecule has 0 fully saturated rings. The first-order valence-corrected chi connectivity index (χ1v) is 5.69. The lowest BCUT2D eigenvalue weighted by Gasteiger charge is -2.21. The van der Waals surface area contributed by atoms with Gasteiger partial charge in [0.1, 0.15) is 4.88 Å². The van der Waals surface area contributed by atoms with E-state index in [-0.39, 0.29) is 12.5 Å². The minimum atomic E-state index is -0.838. The van der Waals surface area contributed by atoms with Crippen LogP contribution in [0.2, 0.25) is 0 Å². The SMILES string of the molecule is CCC(C)(O)CNC(=O)c1cnc(C)s1. The van der Waals surface area contributed by atoms with Crippen LogP contribution in [-0.2, 0) is 0 Å². The number of hydrogen-bond acceptors (Lipinski definition) is 4. The summed E-state index contributed by atoms with van der Waals surface area (Å²) >= 11 is 1.35. The number of aryl methyl sites for hydroxylation is 1. The van der Waals surface area contributed by atoms with Gasteiger partial charge in [-0.3, -0.25) is 4.79 Å². The Morgan fingerprint density at radius 2 is 2.40 bits per heavy atom. The molecule has 0 spiro atoms. The zero-order valence-electron chi connectivity index (χ0n) is 9.20. The van der Waals surface area contributed by atoms with E-state index in [2.05, 4.69) is 10.3 Å². The molecule has 4 nitrogen and oxygen atoms in total. The average molecular weight is 228 g/mol. The van der Waals surface area contributed by atoms with Crippen molar-refractivity contribution in [2.45, 2.75) is 32.8 Å². The third kappa shape index (κ3) is 3.60. The van der Waals surface area contributed by atoms with Crippen molar-refractivity contribution in [2.24, 2.45) is 0 Å². The molecule has 1 aromatic heterocycles. The molecular formula is C10H16N2O2S. The second-order valence-corrected chi connectivity index (χ2v) is 5.01. The molecule has 1 rings (SSSR count). The number of nitrogens with one attached hydrogen (secondary N) is 1. The number of aromatic nitrogens is 1. The molecule has 1 aromatic rings. The van der Waals surface area contributed by atoms with Crippen LogP contribution in [-0.4, -0.2) is 28.1 Å². The van der Waals surface area contributed by atoms with Gasteiger partial charge in [0.25, 0.3) is 5.91 Å². The molecule has 1 unspecified atom stereocenters. The quantitative estimate of drug-likeness (QED) is 0.817. The zero-order valence-corrected chi connectivity index (χ0v) is 10.0. The van der Waals surface area contributed by atoms with Gasteiger partial charge in [-0.1, -0.05) is 6.92 Å². The molecule has 1 heterocycles. The number of nitrogens with zero attached hydrogens (tertiary/aromatic N) is 1. The topological polar surface area (TPSA) is 62.2 Å². The lowest BCUT2D eigenvalue weighted by Crippen LogP contribution is -2.39. The van der Waals surface area contributed by atoms with Gasteiger partial charge in [0.2, 0.25) is 0 Å². The van der Waals surface area contributed by atoms with Gasteiger partial charge in [-0.05, 0) is 20.3 Å². The van der Waals surface area contributed by atoms with Crippen LogP contribution in [0.3, 0.4) is 0 Å². The summed E-state index contributed by atoms with van der Waals surface area (Å²) in [6, 6.07) is 0. The molecule has 1 atom stereocenters. The van der Waals surface area contributed by atoms with Crippen molar-refractivity contribution >= 4 is 17.2 Å². The largest absolute Gasteiger partial charge is 0.388 e. The predicted octanol–water partition coefficient (Wildman–Crippen LogP) is 1.34. The van der Waals surface area contributed by atoms with Crippen LogP contribution in [0.1, 0.15) is 34.9 Å². The van der Waals surface area contributed by atoms with E-state index in [1.807, 2.05) is 13.8 Å². The Labute approximate surface area is 93.4 Å². The van der Waals surface area contributed by atoms with Crippen LogP contribution < -0.4 is 5.32 Å². The van der Waals surface area contributed by atoms with Crippen molar-refractivity contribution in [3.8, 4) is 0 Å². The van der Waals surface area contributed by atoms with Gasteiger partial charge in [-0.2, -0.15) is 0 Å². The van der Waals surface area contributed by atoms with Crippen molar-refractivity contribution < 1.29 is 9.90 Å². The minimum Gasteiger partial charge on any atom is -0.388 e. The number of hydrogen-bond donors (Lipinski definition) is 2. The fourth-order valence-electron chi connectivity index (χ4n) is 0.949. The van der Waals surface area contributed by atoms with Crippen molar-refractivity contribution in [1.29, 1.82) is 0 Å². The summed E-state index contributed by atoms with van der Waals surface area (Å²) in [7, 11) is 0. The molecule has 2 N–H and O–H groups in total. The summed E-state index contributed by atoms with van der Waals surface area (Å²) < 4.78 is 0. The van der Waals surface area contributed by atoms with Crippen LogP contribution in [0, 0.1) is 6.92 Å². The second kappa shape index (κ2) is 4.72. The van der Waals surface area contributed by atoms with Crippen LogP contribution >= 0.6 is 11.3 Å². The van der Waals surface area contributed by atoms with Gasteiger partial charge in [-0.25, -0.2) is 4.98 Å². The predicted molar refractivity (Wildman–Crippen MR) is 60.1 cm³/mol. The maximum Gasteiger partial charge on any atom is 0.263 e. The third-order valence-electron chi connectivity index (χ3n) is 2.24. The van der Waals surface area contributed by atoms with E-state index >= 15 is 0 Å². The van der Waals surface area contributed by atoms with Crippen molar-refractivity contribution in [3.05, 3.63) is 16.1 Å². The highest BCUT2D eigenvalue weighted by Crippen LogP contribution is 2.12. The van der Waals surface area contributed by atoms with Crippen LogP contribution in [0.5, 0.6) is 0 Å². The number of aliphatic hydroxyl groups is 1. The van der Waals surface area contributed by atoms with E-state index < -0.39 is 5.60 Å². The number of rotatable bonds is 4. The Hall–Kier alpha value is -0.940. The summed E-state index contributed by atoms with van der Waals surface area (Å²) in [6.45, 7) is 5.69. The number of amides is 1. The third-order valence-corrected chi connectivity index (χ3v) is 3.15. The number of carbonyl (C=O) groups excluding carboxylic acids is 1. The molecule has 0 bridgehead atoms. The van der Waals surface area contributed by atoms with Gasteiger partial charge >= 0.3 is 0 Å². The maximum absolute atomic E-state index is 11.6. The average Bonchev–Trinajstić information content (AvgIpc) is 2.61. The fourth-order valence-corrected chi connectivity index (χ4v) is 1.64. The van der Waals surface area contributed by atoms with Gasteiger partial charge in [0.15, 0.2) is 0 Å². The molecule has 0 radical (unpaired) electrons. The number of carbonyl (C=O) groups is 1. The van der Waals surface area contributed by atoms with Gasteiger partial charge in [0, 0.05) is 6.54 Å². The second-order valence-electron chi connectivity index (χ2n) is 3.78. The summed E-state index contributed by atoms with van der Waals surface area (Å²) in [6.07, 6.45) is 2.16. The first kappa shape index (κ1) is 12.1. The molecule has 0 aromatic carbocycles. The molecular weight excluding hydrogens is 212 g/mol. The summed E-state index contributed by atoms with van der Waals surface area (Å²) in [5.41, 5.74) is -0.838. The van der Waals surface area contributed by atoms with E-state index in [0.717, 1.165) is 5.01 Å². The Balaban J connectivity index is 2.50. The van der Waals surface area contributed by atoms with Gasteiger partial charge in [-0.15, -0.1) is 11.3 Å². The van der Waals surface area contributed by atoms with E-state index in [1.165, 1.54) is 11.3 Å². The van der Waals surface area contributed by atoms with Crippen LogP contribution in [0.25, 0.3) is 0 Å². The van der Waals surface area contributed by atoms with E-state index in [0.29, 0.717) is 11.3 Å². The summed E-state index contributed by atoms with van der Waals surface area (Å²) in [4.78, 5) is 16.1. The fraction of sp³-hybridized carbons (Fsp3) is 0.600. The summed E-state index contributed by atoms with van der Waals surface area (Å²) in [5.74, 6) is -0.172. The normalized spacial score (nSPS) is 14.7. The first-order valence-electron chi connectivity index (χ1n) is 4.87. The van der Waals surface area contributed by atoms with Gasteiger partial charge in [0.05, 0.1) is 16.8 Å². The van der Waals surface area contributed by atoms with E-state index in [4.69, 9.17) is 0 Å². The minimum absolute atomic E-state index is 0.172. The molecule has 0 aliphatic rings. The Morgan fingerprint density at radius 3 is 2.87 bits per heavy atom. The monoisotopic (exact) mass is 228 g/mol. The highest BCUT2D eigenvalue weighted by atomic mass is 32.1. The highest BCUT2D eigenvalue weighted by Gasteiger charge is 2.19. The molecule has 1 amide bonds. The highest BCUT2D eigenvalue weighted by molar-refractivity contribution is 7.13. The van der Waals surface area contributed by atoms with E-state index in [9.17, 15) is 9.90 Å². The van der Waals surface area contributed by atoms with Crippen molar-refractivity contribution in [2.75, 3.05) is 6.54 Å². The maximum atomic E-state index is 11.6. The Bertz CT molecular complexity index is 347. The molecule has 15 heavy (non-hydrogen) atoms. The standard InChI is InChI=1S/C10H16N2O2S/c1-4-10(3,14)6-12-9(13)8-5-11-7(2)15-8/h5,14H,4,6H2,1-3H3,(H,12,13). The molecule has 0 saturated carbocycles. The van der Waals surface area contributed by atoms with Gasteiger partial charge < -0.3 is 10.4 Å². The van der Waals surface area contributed by atoms with Crippen LogP contribution in [0.15, 0.2) is 6.20 Å². The zero-order chi connectivity index (χ0) is 11.5. The molecule has 0 saturated heterocycles. The molecule has 0 aliphatic heterocycles. The van der Waals surface area contributed by atoms with E-state index in [1.54, 1.807) is 13.1 Å². The lowest BCUT2D eigenvalue weighted by molar-refractivity contribution is 0.0519. The molecule has 5 heteroatoms. The van der Waals surface area contributed by atoms with Crippen LogP contribution in [0.4, 0.5) is 0 Å². The van der Waals surface area contributed by atoms with Crippen molar-refractivity contribution in [1.82, 2.24) is 10.3 Å². The smallest absolute Gasteiger partial charge is 0.263 e. The molecule has 0 aliphatic carbocycles. The Morgan fingerprint density at radius 1 is 1.73 bits per heavy atom. The van der Waals surface area contributed by atoms with Crippen molar-refractivity contribution in [3.63, 3.8) is 0 Å². The number of thiazole rings is 1. The molecule has 84 valence electrons. The summed E-state index contributed by atoms with van der Waals surface area (Å²) in [5, 5.41) is 13.2.